The highest BCUT2D eigenvalue weighted by atomic mass is 16.5. The maximum Gasteiger partial charge on any atom is 0.0755 e. The molecule has 1 fully saturated rings. The van der Waals surface area contributed by atoms with Crippen molar-refractivity contribution < 1.29 is 4.74 Å². The van der Waals surface area contributed by atoms with Gasteiger partial charge in [0.15, 0.2) is 0 Å². The largest absolute Gasteiger partial charge is 0.381 e. The molecular formula is C9H17BO. The SMILES string of the molecule is [B]C1(C(C)(C)C)CCOCC1. The van der Waals surface area contributed by atoms with Crippen LogP contribution in [0.5, 0.6) is 0 Å². The molecule has 62 valence electrons. The van der Waals surface area contributed by atoms with Crippen molar-refractivity contribution in [2.75, 3.05) is 13.2 Å². The standard InChI is InChI=1S/C9H17BO/c1-8(2,3)9(10)4-6-11-7-5-9/h4-7H2,1-3H3. The molecule has 1 aliphatic rings. The lowest BCUT2D eigenvalue weighted by Gasteiger charge is -2.45. The van der Waals surface area contributed by atoms with Crippen LogP contribution >= 0.6 is 0 Å². The third kappa shape index (κ3) is 1.78. The molecule has 0 N–H and O–H groups in total. The third-order valence-corrected chi connectivity index (χ3v) is 2.88. The topological polar surface area (TPSA) is 9.23 Å². The summed E-state index contributed by atoms with van der Waals surface area (Å²) in [7, 11) is 6.26. The lowest BCUT2D eigenvalue weighted by Crippen LogP contribution is -2.34. The Labute approximate surface area is 70.9 Å². The first-order valence-corrected chi connectivity index (χ1v) is 4.32. The van der Waals surface area contributed by atoms with E-state index in [9.17, 15) is 0 Å². The van der Waals surface area contributed by atoms with Gasteiger partial charge < -0.3 is 4.74 Å². The van der Waals surface area contributed by atoms with E-state index in [1.165, 1.54) is 0 Å². The summed E-state index contributed by atoms with van der Waals surface area (Å²) >= 11 is 0. The van der Waals surface area contributed by atoms with Gasteiger partial charge in [0.05, 0.1) is 7.85 Å². The number of hydrogen-bond donors (Lipinski definition) is 0. The van der Waals surface area contributed by atoms with Gasteiger partial charge in [0.1, 0.15) is 0 Å². The van der Waals surface area contributed by atoms with E-state index in [2.05, 4.69) is 20.8 Å². The molecule has 2 heteroatoms. The van der Waals surface area contributed by atoms with Crippen LogP contribution in [-0.2, 0) is 4.74 Å². The molecule has 0 amide bonds. The molecule has 0 bridgehead atoms. The summed E-state index contributed by atoms with van der Waals surface area (Å²) in [4.78, 5) is 0. The summed E-state index contributed by atoms with van der Waals surface area (Å²) in [6, 6.07) is 0. The molecule has 0 spiro atoms. The zero-order chi connectivity index (χ0) is 8.54. The second-order valence-corrected chi connectivity index (χ2v) is 4.52. The third-order valence-electron chi connectivity index (χ3n) is 2.88. The summed E-state index contributed by atoms with van der Waals surface area (Å²) < 4.78 is 5.28. The quantitative estimate of drug-likeness (QED) is 0.483. The Kier molecular flexibility index (Phi) is 2.33. The Morgan fingerprint density at radius 1 is 1.18 bits per heavy atom. The molecule has 1 nitrogen and oxygen atoms in total. The Hall–Kier alpha value is 0.0249. The molecule has 1 saturated heterocycles. The first-order chi connectivity index (χ1) is 4.96. The first-order valence-electron chi connectivity index (χ1n) is 4.32. The second-order valence-electron chi connectivity index (χ2n) is 4.52. The van der Waals surface area contributed by atoms with Crippen molar-refractivity contribution in [3.8, 4) is 0 Å². The summed E-state index contributed by atoms with van der Waals surface area (Å²) in [6.07, 6.45) is 1.99. The average Bonchev–Trinajstić information content (AvgIpc) is 1.87. The van der Waals surface area contributed by atoms with Crippen LogP contribution in [0.2, 0.25) is 5.31 Å². The van der Waals surface area contributed by atoms with Gasteiger partial charge in [-0.05, 0) is 18.3 Å². The fourth-order valence-corrected chi connectivity index (χ4v) is 1.49. The monoisotopic (exact) mass is 152 g/mol. The van der Waals surface area contributed by atoms with E-state index in [1.54, 1.807) is 0 Å². The van der Waals surface area contributed by atoms with Crippen LogP contribution in [0, 0.1) is 5.41 Å². The van der Waals surface area contributed by atoms with E-state index in [-0.39, 0.29) is 10.7 Å². The van der Waals surface area contributed by atoms with E-state index in [1.807, 2.05) is 0 Å². The zero-order valence-corrected chi connectivity index (χ0v) is 7.81. The van der Waals surface area contributed by atoms with Crippen molar-refractivity contribution in [3.05, 3.63) is 0 Å². The van der Waals surface area contributed by atoms with Crippen molar-refractivity contribution in [2.24, 2.45) is 5.41 Å². The van der Waals surface area contributed by atoms with Gasteiger partial charge in [0.2, 0.25) is 0 Å². The summed E-state index contributed by atoms with van der Waals surface area (Å²) in [5, 5.41) is -0.00868. The molecule has 2 radical (unpaired) electrons. The Bertz CT molecular complexity index is 131. The summed E-state index contributed by atoms with van der Waals surface area (Å²) in [6.45, 7) is 8.27. The summed E-state index contributed by atoms with van der Waals surface area (Å²) in [5.74, 6) is 0. The number of hydrogen-bond acceptors (Lipinski definition) is 1. The molecule has 11 heavy (non-hydrogen) atoms. The van der Waals surface area contributed by atoms with Gasteiger partial charge >= 0.3 is 0 Å². The minimum absolute atomic E-state index is 0.00868. The van der Waals surface area contributed by atoms with Crippen molar-refractivity contribution in [1.29, 1.82) is 0 Å². The van der Waals surface area contributed by atoms with E-state index in [0.29, 0.717) is 0 Å². The maximum atomic E-state index is 6.26. The zero-order valence-electron chi connectivity index (χ0n) is 7.81. The van der Waals surface area contributed by atoms with E-state index < -0.39 is 0 Å². The highest BCUT2D eigenvalue weighted by Crippen LogP contribution is 2.49. The fraction of sp³-hybridized carbons (Fsp3) is 1.00. The molecule has 0 atom stereocenters. The van der Waals surface area contributed by atoms with E-state index >= 15 is 0 Å². The molecule has 0 aliphatic carbocycles. The molecule has 1 rings (SSSR count). The lowest BCUT2D eigenvalue weighted by molar-refractivity contribution is 0.0385. The van der Waals surface area contributed by atoms with E-state index in [0.717, 1.165) is 26.1 Å². The van der Waals surface area contributed by atoms with Gasteiger partial charge in [0.25, 0.3) is 0 Å². The number of rotatable bonds is 0. The van der Waals surface area contributed by atoms with Crippen LogP contribution in [0.1, 0.15) is 33.6 Å². The highest BCUT2D eigenvalue weighted by Gasteiger charge is 2.37. The minimum atomic E-state index is -0.00868. The molecule has 0 aromatic carbocycles. The smallest absolute Gasteiger partial charge is 0.0755 e. The lowest BCUT2D eigenvalue weighted by atomic mass is 9.51. The Morgan fingerprint density at radius 3 is 1.91 bits per heavy atom. The first kappa shape index (κ1) is 9.12. The molecule has 0 aromatic heterocycles. The minimum Gasteiger partial charge on any atom is -0.381 e. The number of ether oxygens (including phenoxy) is 1. The molecule has 0 unspecified atom stereocenters. The fourth-order valence-electron chi connectivity index (χ4n) is 1.49. The summed E-state index contributed by atoms with van der Waals surface area (Å²) in [5.41, 5.74) is 0.205. The van der Waals surface area contributed by atoms with Crippen LogP contribution in [-0.4, -0.2) is 21.1 Å². The molecular weight excluding hydrogens is 135 g/mol. The van der Waals surface area contributed by atoms with Crippen LogP contribution in [0.4, 0.5) is 0 Å². The van der Waals surface area contributed by atoms with Crippen LogP contribution in [0.15, 0.2) is 0 Å². The van der Waals surface area contributed by atoms with Crippen molar-refractivity contribution >= 4 is 7.85 Å². The van der Waals surface area contributed by atoms with Gasteiger partial charge in [-0.3, -0.25) is 0 Å². The predicted molar refractivity (Wildman–Crippen MR) is 48.0 cm³/mol. The highest BCUT2D eigenvalue weighted by molar-refractivity contribution is 6.15. The van der Waals surface area contributed by atoms with Crippen LogP contribution in [0.25, 0.3) is 0 Å². The van der Waals surface area contributed by atoms with Crippen molar-refractivity contribution in [1.82, 2.24) is 0 Å². The normalized spacial score (nSPS) is 25.0. The predicted octanol–water partition coefficient (Wildman–Crippen LogP) is 2.17. The van der Waals surface area contributed by atoms with Gasteiger partial charge in [-0.15, -0.1) is 0 Å². The van der Waals surface area contributed by atoms with Gasteiger partial charge in [-0.2, -0.15) is 0 Å². The van der Waals surface area contributed by atoms with Gasteiger partial charge in [0, 0.05) is 13.2 Å². The van der Waals surface area contributed by atoms with Crippen LogP contribution in [0.3, 0.4) is 0 Å². The molecule has 0 aromatic rings. The Balaban J connectivity index is 2.64. The second kappa shape index (κ2) is 2.82. The van der Waals surface area contributed by atoms with E-state index in [4.69, 9.17) is 12.6 Å². The maximum absolute atomic E-state index is 6.26. The average molecular weight is 152 g/mol. The molecule has 1 heterocycles. The molecule has 0 saturated carbocycles. The van der Waals surface area contributed by atoms with Gasteiger partial charge in [-0.1, -0.05) is 26.1 Å². The van der Waals surface area contributed by atoms with Crippen molar-refractivity contribution in [3.63, 3.8) is 0 Å². The van der Waals surface area contributed by atoms with Crippen LogP contribution < -0.4 is 0 Å². The molecule has 1 aliphatic heterocycles. The van der Waals surface area contributed by atoms with Gasteiger partial charge in [-0.25, -0.2) is 0 Å². The van der Waals surface area contributed by atoms with Crippen molar-refractivity contribution in [2.45, 2.75) is 38.9 Å². The Morgan fingerprint density at radius 2 is 1.64 bits per heavy atom.